The van der Waals surface area contributed by atoms with Gasteiger partial charge in [0.2, 0.25) is 6.41 Å². The normalized spacial score (nSPS) is 10.4. The number of hydrogen-bond acceptors (Lipinski definition) is 2. The molecule has 3 nitrogen and oxygen atoms in total. The minimum atomic E-state index is -0.348. The van der Waals surface area contributed by atoms with Gasteiger partial charge in [0.15, 0.2) is 0 Å². The highest BCUT2D eigenvalue weighted by Gasteiger charge is 2.12. The van der Waals surface area contributed by atoms with E-state index in [1.54, 1.807) is 25.1 Å². The average molecular weight is 282 g/mol. The Morgan fingerprint density at radius 2 is 2.12 bits per heavy atom. The van der Waals surface area contributed by atoms with Crippen LogP contribution in [-0.2, 0) is 9.59 Å². The predicted octanol–water partition coefficient (Wildman–Crippen LogP) is 2.82. The summed E-state index contributed by atoms with van der Waals surface area (Å²) >= 11 is 3.36. The lowest BCUT2D eigenvalue weighted by Crippen LogP contribution is -2.27. The quantitative estimate of drug-likeness (QED) is 0.631. The molecule has 0 fully saturated rings. The van der Waals surface area contributed by atoms with Gasteiger partial charge in [-0.2, -0.15) is 0 Å². The Morgan fingerprint density at radius 1 is 1.44 bits per heavy atom. The van der Waals surface area contributed by atoms with Crippen LogP contribution in [0.5, 0.6) is 0 Å². The first-order chi connectivity index (χ1) is 7.60. The molecule has 1 aromatic rings. The van der Waals surface area contributed by atoms with Crippen molar-refractivity contribution in [1.82, 2.24) is 0 Å². The van der Waals surface area contributed by atoms with Crippen molar-refractivity contribution in [2.75, 3.05) is 4.90 Å². The van der Waals surface area contributed by atoms with Gasteiger partial charge < -0.3 is 0 Å². The summed E-state index contributed by atoms with van der Waals surface area (Å²) in [5.74, 6) is -0.348. The van der Waals surface area contributed by atoms with Crippen LogP contribution in [0.3, 0.4) is 0 Å². The number of anilines is 1. The maximum Gasteiger partial charge on any atom is 0.257 e. The summed E-state index contributed by atoms with van der Waals surface area (Å²) in [6.45, 7) is 3.63. The number of carbonyl (C=O) groups is 2. The van der Waals surface area contributed by atoms with Gasteiger partial charge in [0.25, 0.3) is 5.91 Å². The molecule has 4 heteroatoms. The van der Waals surface area contributed by atoms with Gasteiger partial charge in [0, 0.05) is 4.47 Å². The Balaban J connectivity index is 3.09. The van der Waals surface area contributed by atoms with E-state index in [0.717, 1.165) is 14.9 Å². The molecule has 1 rings (SSSR count). The lowest BCUT2D eigenvalue weighted by atomic mass is 10.2. The van der Waals surface area contributed by atoms with Gasteiger partial charge in [-0.25, -0.2) is 4.90 Å². The molecular formula is C12H12BrNO2. The molecule has 84 valence electrons. The molecule has 0 aliphatic rings. The molecule has 0 N–H and O–H groups in total. The molecule has 0 spiro atoms. The number of halogens is 1. The highest BCUT2D eigenvalue weighted by molar-refractivity contribution is 9.10. The molecule has 0 heterocycles. The third-order valence-corrected chi connectivity index (χ3v) is 2.96. The second kappa shape index (κ2) is 5.61. The highest BCUT2D eigenvalue weighted by Crippen LogP contribution is 2.22. The van der Waals surface area contributed by atoms with Crippen LogP contribution in [0, 0.1) is 6.92 Å². The molecule has 1 aromatic carbocycles. The highest BCUT2D eigenvalue weighted by atomic mass is 79.9. The number of hydrogen-bond donors (Lipinski definition) is 0. The van der Waals surface area contributed by atoms with Crippen LogP contribution in [0.25, 0.3) is 0 Å². The van der Waals surface area contributed by atoms with Crippen LogP contribution >= 0.6 is 15.9 Å². The molecule has 0 radical (unpaired) electrons. The number of nitrogens with zero attached hydrogens (tertiary/aromatic N) is 1. The molecule has 16 heavy (non-hydrogen) atoms. The summed E-state index contributed by atoms with van der Waals surface area (Å²) in [7, 11) is 0. The topological polar surface area (TPSA) is 37.4 Å². The Bertz CT molecular complexity index is 441. The standard InChI is InChI=1S/C12H12BrNO2/c1-3-4-12(16)14(8-15)10-5-6-11(13)9(2)7-10/h3-8H,1-2H3/b4-3-. The zero-order valence-corrected chi connectivity index (χ0v) is 10.7. The molecule has 0 saturated carbocycles. The number of carbonyl (C=O) groups excluding carboxylic acids is 2. The number of imide groups is 1. The van der Waals surface area contributed by atoms with Crippen molar-refractivity contribution in [1.29, 1.82) is 0 Å². The molecule has 0 bridgehead atoms. The zero-order valence-electron chi connectivity index (χ0n) is 9.11. The lowest BCUT2D eigenvalue weighted by Gasteiger charge is -2.14. The number of allylic oxidation sites excluding steroid dienone is 1. The fourth-order valence-electron chi connectivity index (χ4n) is 1.24. The largest absolute Gasteiger partial charge is 0.278 e. The summed E-state index contributed by atoms with van der Waals surface area (Å²) in [6.07, 6.45) is 3.47. The maximum absolute atomic E-state index is 11.6. The number of aryl methyl sites for hydroxylation is 1. The molecule has 0 unspecified atom stereocenters. The lowest BCUT2D eigenvalue weighted by molar-refractivity contribution is -0.118. The summed E-state index contributed by atoms with van der Waals surface area (Å²) in [5, 5.41) is 0. The van der Waals surface area contributed by atoms with Gasteiger partial charge in [-0.1, -0.05) is 22.0 Å². The summed E-state index contributed by atoms with van der Waals surface area (Å²) < 4.78 is 0.945. The van der Waals surface area contributed by atoms with E-state index < -0.39 is 0 Å². The summed E-state index contributed by atoms with van der Waals surface area (Å²) in [4.78, 5) is 23.5. The zero-order chi connectivity index (χ0) is 12.1. The van der Waals surface area contributed by atoms with E-state index in [0.29, 0.717) is 12.1 Å². The van der Waals surface area contributed by atoms with E-state index in [-0.39, 0.29) is 5.91 Å². The van der Waals surface area contributed by atoms with Gasteiger partial charge in [0.1, 0.15) is 0 Å². The van der Waals surface area contributed by atoms with Crippen LogP contribution in [0.15, 0.2) is 34.8 Å². The first-order valence-electron chi connectivity index (χ1n) is 4.77. The first-order valence-corrected chi connectivity index (χ1v) is 5.56. The smallest absolute Gasteiger partial charge is 0.257 e. The number of benzene rings is 1. The summed E-state index contributed by atoms with van der Waals surface area (Å²) in [6, 6.07) is 5.30. The fourth-order valence-corrected chi connectivity index (χ4v) is 1.49. The minimum Gasteiger partial charge on any atom is -0.278 e. The van der Waals surface area contributed by atoms with E-state index in [4.69, 9.17) is 0 Å². The van der Waals surface area contributed by atoms with Gasteiger partial charge in [0.05, 0.1) is 5.69 Å². The van der Waals surface area contributed by atoms with Crippen molar-refractivity contribution in [2.45, 2.75) is 13.8 Å². The molecule has 0 saturated heterocycles. The van der Waals surface area contributed by atoms with Crippen LogP contribution < -0.4 is 4.90 Å². The van der Waals surface area contributed by atoms with Crippen LogP contribution in [0.2, 0.25) is 0 Å². The third-order valence-electron chi connectivity index (χ3n) is 2.07. The second-order valence-electron chi connectivity index (χ2n) is 3.25. The average Bonchev–Trinajstić information content (AvgIpc) is 2.25. The van der Waals surface area contributed by atoms with Gasteiger partial charge in [-0.05, 0) is 43.7 Å². The molecule has 0 aromatic heterocycles. The Morgan fingerprint density at radius 3 is 2.62 bits per heavy atom. The number of rotatable bonds is 3. The predicted molar refractivity (Wildman–Crippen MR) is 67.2 cm³/mol. The molecule has 2 amide bonds. The van der Waals surface area contributed by atoms with Gasteiger partial charge in [-0.15, -0.1) is 0 Å². The van der Waals surface area contributed by atoms with Crippen molar-refractivity contribution in [3.63, 3.8) is 0 Å². The van der Waals surface area contributed by atoms with E-state index in [1.165, 1.54) is 6.08 Å². The van der Waals surface area contributed by atoms with Crippen molar-refractivity contribution >= 4 is 33.9 Å². The van der Waals surface area contributed by atoms with Crippen molar-refractivity contribution in [3.05, 3.63) is 40.4 Å². The van der Waals surface area contributed by atoms with Gasteiger partial charge in [-0.3, -0.25) is 9.59 Å². The maximum atomic E-state index is 11.6. The molecule has 0 atom stereocenters. The minimum absolute atomic E-state index is 0.348. The van der Waals surface area contributed by atoms with E-state index in [9.17, 15) is 9.59 Å². The molecule has 0 aliphatic heterocycles. The Kier molecular flexibility index (Phi) is 4.43. The number of amides is 2. The molecule has 0 aliphatic carbocycles. The monoisotopic (exact) mass is 281 g/mol. The Labute approximate surface area is 103 Å². The van der Waals surface area contributed by atoms with Crippen molar-refractivity contribution < 1.29 is 9.59 Å². The van der Waals surface area contributed by atoms with Crippen LogP contribution in [0.4, 0.5) is 5.69 Å². The van der Waals surface area contributed by atoms with E-state index in [2.05, 4.69) is 15.9 Å². The van der Waals surface area contributed by atoms with Crippen molar-refractivity contribution in [3.8, 4) is 0 Å². The third kappa shape index (κ3) is 2.79. The molecular weight excluding hydrogens is 270 g/mol. The van der Waals surface area contributed by atoms with E-state index >= 15 is 0 Å². The second-order valence-corrected chi connectivity index (χ2v) is 4.10. The SMILES string of the molecule is C/C=C\C(=O)N(C=O)c1ccc(Br)c(C)c1. The van der Waals surface area contributed by atoms with Crippen LogP contribution in [-0.4, -0.2) is 12.3 Å². The van der Waals surface area contributed by atoms with Crippen molar-refractivity contribution in [2.24, 2.45) is 0 Å². The first kappa shape index (κ1) is 12.6. The summed E-state index contributed by atoms with van der Waals surface area (Å²) in [5.41, 5.74) is 1.54. The van der Waals surface area contributed by atoms with E-state index in [1.807, 2.05) is 13.0 Å². The van der Waals surface area contributed by atoms with Gasteiger partial charge >= 0.3 is 0 Å². The fraction of sp³-hybridized carbons (Fsp3) is 0.167. The van der Waals surface area contributed by atoms with Crippen LogP contribution in [0.1, 0.15) is 12.5 Å². The Hall–Kier alpha value is -1.42.